The zero-order valence-electron chi connectivity index (χ0n) is 26.4. The van der Waals surface area contributed by atoms with Gasteiger partial charge in [0.15, 0.2) is 0 Å². The van der Waals surface area contributed by atoms with E-state index in [-0.39, 0.29) is 55.7 Å². The second kappa shape index (κ2) is 28.2. The first kappa shape index (κ1) is 54.2. The summed E-state index contributed by atoms with van der Waals surface area (Å²) in [5.74, 6) is 0. The summed E-state index contributed by atoms with van der Waals surface area (Å²) in [7, 11) is -9.35. The maximum absolute atomic E-state index is 9.28. The van der Waals surface area contributed by atoms with E-state index in [4.69, 9.17) is 16.5 Å². The summed E-state index contributed by atoms with van der Waals surface area (Å²) < 4.78 is 26.8. The minimum atomic E-state index is -2.36. The van der Waals surface area contributed by atoms with Gasteiger partial charge in [-0.3, -0.25) is 0 Å². The predicted octanol–water partition coefficient (Wildman–Crippen LogP) is 7.06. The number of rotatable bonds is 10. The third kappa shape index (κ3) is 29.2. The zero-order chi connectivity index (χ0) is 30.6. The molecule has 0 aromatic rings. The molecule has 14 heteroatoms. The van der Waals surface area contributed by atoms with Crippen LogP contribution in [0.4, 0.5) is 0 Å². The molecule has 0 amide bonds. The fraction of sp³-hybridized carbons (Fsp3) is 0.556. The van der Waals surface area contributed by atoms with Crippen molar-refractivity contribution in [1.29, 1.82) is 0 Å². The monoisotopic (exact) mass is 751 g/mol. The van der Waals surface area contributed by atoms with Crippen molar-refractivity contribution in [2.24, 2.45) is 0 Å². The smallest absolute Gasteiger partial charge is 0.419 e. The summed E-state index contributed by atoms with van der Waals surface area (Å²) in [6.45, 7) is 37.4. The van der Waals surface area contributed by atoms with Gasteiger partial charge in [0.25, 0.3) is 0 Å². The van der Waals surface area contributed by atoms with E-state index in [0.29, 0.717) is 16.7 Å². The van der Waals surface area contributed by atoms with Crippen molar-refractivity contribution in [3.8, 4) is 0 Å². The Morgan fingerprint density at radius 3 is 0.854 bits per heavy atom. The summed E-state index contributed by atoms with van der Waals surface area (Å²) in [4.78, 5) is 27.8. The molecule has 1 aliphatic heterocycles. The molecule has 1 heterocycles. The van der Waals surface area contributed by atoms with Crippen molar-refractivity contribution in [2.45, 2.75) is 97.3 Å². The summed E-state index contributed by atoms with van der Waals surface area (Å²) >= 11 is 0. The van der Waals surface area contributed by atoms with Crippen molar-refractivity contribution in [2.75, 3.05) is 0 Å². The van der Waals surface area contributed by atoms with E-state index in [1.54, 1.807) is 39.6 Å². The molecule has 0 bridgehead atoms. The van der Waals surface area contributed by atoms with Crippen molar-refractivity contribution < 1.29 is 86.5 Å². The third-order valence-electron chi connectivity index (χ3n) is 4.78. The molecule has 2 atom stereocenters. The summed E-state index contributed by atoms with van der Waals surface area (Å²) in [5.41, 5.74) is 1.35. The van der Waals surface area contributed by atoms with Crippen molar-refractivity contribution in [1.82, 2.24) is 0 Å². The number of hydrogen-bond acceptors (Lipinski definition) is 7. The van der Waals surface area contributed by atoms with Crippen LogP contribution in [0.3, 0.4) is 0 Å². The van der Waals surface area contributed by atoms with Crippen LogP contribution in [0.25, 0.3) is 0 Å². The Bertz CT molecular complexity index is 708. The second-order valence-corrected chi connectivity index (χ2v) is 24.3. The molecule has 1 fully saturated rings. The van der Waals surface area contributed by atoms with Gasteiger partial charge in [0, 0.05) is 0 Å². The Labute approximate surface area is 292 Å². The van der Waals surface area contributed by atoms with E-state index in [1.807, 2.05) is 0 Å². The van der Waals surface area contributed by atoms with E-state index in [2.05, 4.69) is 73.6 Å². The minimum absolute atomic E-state index is 0. The topological polar surface area (TPSA) is 88.1 Å². The quantitative estimate of drug-likeness (QED) is 0.134. The van der Waals surface area contributed by atoms with E-state index in [9.17, 15) is 14.4 Å². The standard InChI is InChI=1S/C15H35O4Si4.3C4H5O.3V/c1-9-13-21(6)16-20(5,12-4)17-22(7,14-10-2)19-23(8,18-21)15-11-3;3*1-4(2)3-5;;;/h1-3,9-15H2,4-8H3;3*1H2,2H3;;;/q-3;3*-1;3*+2. The van der Waals surface area contributed by atoms with Gasteiger partial charge in [-0.15, -0.1) is 0 Å². The van der Waals surface area contributed by atoms with Gasteiger partial charge in [0.1, 0.15) is 0 Å². The van der Waals surface area contributed by atoms with E-state index in [0.717, 1.165) is 43.4 Å². The van der Waals surface area contributed by atoms with Crippen molar-refractivity contribution >= 4 is 53.1 Å². The molecule has 1 aliphatic rings. The Morgan fingerprint density at radius 2 is 0.732 bits per heavy atom. The van der Waals surface area contributed by atoms with Gasteiger partial charge in [-0.25, -0.2) is 19.7 Å². The van der Waals surface area contributed by atoms with Crippen LogP contribution in [0.5, 0.6) is 0 Å². The predicted molar refractivity (Wildman–Crippen MR) is 167 cm³/mol. The van der Waals surface area contributed by atoms with Crippen molar-refractivity contribution in [3.05, 3.63) is 57.2 Å². The maximum Gasteiger partial charge on any atom is 2.00 e. The van der Waals surface area contributed by atoms with Gasteiger partial charge < -0.3 is 51.6 Å². The Kier molecular flexibility index (Phi) is 37.3. The van der Waals surface area contributed by atoms with Crippen LogP contribution in [0.1, 0.15) is 47.0 Å². The van der Waals surface area contributed by atoms with Gasteiger partial charge in [-0.05, 0) is 69.2 Å². The summed E-state index contributed by atoms with van der Waals surface area (Å²) in [6.07, 6.45) is 7.20. The maximum atomic E-state index is 9.28. The largest absolute Gasteiger partial charge is 2.00 e. The Balaban J connectivity index is -0.000000141. The summed E-state index contributed by atoms with van der Waals surface area (Å²) in [6, 6.07) is 3.56. The fourth-order valence-electron chi connectivity index (χ4n) is 3.32. The van der Waals surface area contributed by atoms with Crippen LogP contribution in [-0.4, -0.2) is 53.1 Å². The van der Waals surface area contributed by atoms with Gasteiger partial charge in [0.2, 0.25) is 0 Å². The second-order valence-electron chi connectivity index (χ2n) is 9.75. The van der Waals surface area contributed by atoms with Crippen LogP contribution in [0.15, 0.2) is 36.5 Å². The molecule has 0 spiro atoms. The first-order chi connectivity index (χ1) is 17.4. The van der Waals surface area contributed by atoms with E-state index in [1.165, 1.54) is 0 Å². The molecule has 1 saturated heterocycles. The number of carbonyl (C=O) groups excluding carboxylic acids is 3. The van der Waals surface area contributed by atoms with Gasteiger partial charge in [0.05, 0.1) is 0 Å². The van der Waals surface area contributed by atoms with E-state index < -0.39 is 34.2 Å². The molecule has 231 valence electrons. The molecule has 0 saturated carbocycles. The minimum Gasteiger partial charge on any atom is -0.419 e. The molecule has 2 unspecified atom stereocenters. The molecule has 41 heavy (non-hydrogen) atoms. The number of allylic oxidation sites excluding steroid dienone is 3. The molecule has 3 radical (unpaired) electrons. The molecule has 7 nitrogen and oxygen atoms in total. The van der Waals surface area contributed by atoms with E-state index >= 15 is 0 Å². The molecule has 0 aromatic heterocycles. The fourth-order valence-corrected chi connectivity index (χ4v) is 25.6. The Hall–Kier alpha value is 0.691. The zero-order valence-corrected chi connectivity index (χ0v) is 34.6. The molecular formula is C27H50O7Si4V3. The SMILES string of the molecule is C=C(C)[C-]=O.C=C(C)[C-]=O.C=C(C)[C-]=O.[CH2-]CC[Si]1(C)O[Si](C)(CC)O[Si](C)(CC[CH2-])O[Si](C)(CC[CH2-])O1.[V+2].[V+2].[V+2]. The molecule has 0 aromatic carbocycles. The normalized spacial score (nSPS) is 26.1. The average Bonchev–Trinajstić information content (AvgIpc) is 2.78. The first-order valence-electron chi connectivity index (χ1n) is 12.7. The average molecular weight is 752 g/mol. The third-order valence-corrected chi connectivity index (χ3v) is 23.7. The van der Waals surface area contributed by atoms with Crippen LogP contribution >= 0.6 is 0 Å². The summed E-state index contributed by atoms with van der Waals surface area (Å²) in [5, 5.41) is 0. The van der Waals surface area contributed by atoms with Gasteiger partial charge in [-0.1, -0.05) is 27.7 Å². The molecule has 0 aliphatic carbocycles. The van der Waals surface area contributed by atoms with Crippen LogP contribution in [-0.2, 0) is 86.5 Å². The van der Waals surface area contributed by atoms with Crippen LogP contribution < -0.4 is 0 Å². The Morgan fingerprint density at radius 1 is 0.561 bits per heavy atom. The molecule has 1 rings (SSSR count). The first-order valence-corrected chi connectivity index (χ1v) is 22.8. The van der Waals surface area contributed by atoms with Gasteiger partial charge in [-0.2, -0.15) is 36.0 Å². The molecule has 0 N–H and O–H groups in total. The number of hydrogen-bond donors (Lipinski definition) is 0. The van der Waals surface area contributed by atoms with Crippen molar-refractivity contribution in [3.63, 3.8) is 0 Å². The van der Waals surface area contributed by atoms with Crippen LogP contribution in [0, 0.1) is 20.8 Å². The molecular weight excluding hydrogens is 701 g/mol. The van der Waals surface area contributed by atoms with Crippen LogP contribution in [0.2, 0.25) is 50.4 Å². The van der Waals surface area contributed by atoms with Gasteiger partial charge >= 0.3 is 89.9 Å².